The molecule has 0 radical (unpaired) electrons. The van der Waals surface area contributed by atoms with E-state index >= 15 is 0 Å². The first-order valence-electron chi connectivity index (χ1n) is 11.1. The first kappa shape index (κ1) is 23.3. The summed E-state index contributed by atoms with van der Waals surface area (Å²) in [5.74, 6) is 0.738. The molecule has 4 rings (SSSR count). The fourth-order valence-corrected chi connectivity index (χ4v) is 4.14. The van der Waals surface area contributed by atoms with Gasteiger partial charge in [-0.3, -0.25) is 4.79 Å². The van der Waals surface area contributed by atoms with Crippen LogP contribution in [0.25, 0.3) is 11.0 Å². The van der Waals surface area contributed by atoms with Crippen molar-refractivity contribution in [1.82, 2.24) is 15.3 Å². The van der Waals surface area contributed by atoms with Crippen LogP contribution in [-0.4, -0.2) is 48.3 Å². The maximum atomic E-state index is 12.9. The summed E-state index contributed by atoms with van der Waals surface area (Å²) < 4.78 is 17.1. The van der Waals surface area contributed by atoms with Gasteiger partial charge in [-0.05, 0) is 30.0 Å². The summed E-state index contributed by atoms with van der Waals surface area (Å²) >= 11 is 6.40. The highest BCUT2D eigenvalue weighted by Gasteiger charge is 2.43. The zero-order chi connectivity index (χ0) is 23.4. The van der Waals surface area contributed by atoms with Crippen LogP contribution in [0.15, 0.2) is 48.5 Å². The number of rotatable bonds is 8. The van der Waals surface area contributed by atoms with E-state index in [9.17, 15) is 4.79 Å². The molecule has 3 atom stereocenters. The Morgan fingerprint density at radius 2 is 1.94 bits per heavy atom. The lowest BCUT2D eigenvalue weighted by molar-refractivity contribution is -0.148. The highest BCUT2D eigenvalue weighted by atomic mass is 35.5. The number of methoxy groups -OCH3 is 1. The number of carbonyl (C=O) groups excluding carboxylic acids is 1. The van der Waals surface area contributed by atoms with E-state index in [0.717, 1.165) is 5.56 Å². The van der Waals surface area contributed by atoms with Crippen LogP contribution in [0.2, 0.25) is 5.15 Å². The fraction of sp³-hybridized carbons (Fsp3) is 0.400. The normalized spacial score (nSPS) is 20.2. The zero-order valence-electron chi connectivity index (χ0n) is 19.0. The average Bonchev–Trinajstić information content (AvgIpc) is 3.20. The van der Waals surface area contributed by atoms with Crippen LogP contribution in [0.5, 0.6) is 11.6 Å². The minimum absolute atomic E-state index is 0.161. The number of halogens is 1. The van der Waals surface area contributed by atoms with E-state index < -0.39 is 6.04 Å². The molecule has 0 saturated carbocycles. The first-order chi connectivity index (χ1) is 15.9. The lowest BCUT2D eigenvalue weighted by Gasteiger charge is -2.24. The van der Waals surface area contributed by atoms with Crippen LogP contribution in [0.3, 0.4) is 0 Å². The number of esters is 1. The third-order valence-corrected chi connectivity index (χ3v) is 5.88. The molecular formula is C25H28ClN3O4. The summed E-state index contributed by atoms with van der Waals surface area (Å²) in [5.41, 5.74) is 2.38. The van der Waals surface area contributed by atoms with Crippen LogP contribution < -0.4 is 14.8 Å². The van der Waals surface area contributed by atoms with Crippen LogP contribution in [0, 0.1) is 11.8 Å². The number of hydrogen-bond acceptors (Lipinski definition) is 7. The summed E-state index contributed by atoms with van der Waals surface area (Å²) in [4.78, 5) is 21.8. The second kappa shape index (κ2) is 10.4. The van der Waals surface area contributed by atoms with Crippen molar-refractivity contribution in [1.29, 1.82) is 0 Å². The predicted molar refractivity (Wildman–Crippen MR) is 127 cm³/mol. The van der Waals surface area contributed by atoms with Gasteiger partial charge in [0.05, 0.1) is 24.8 Å². The third-order valence-electron chi connectivity index (χ3n) is 5.63. The molecule has 3 aromatic rings. The van der Waals surface area contributed by atoms with Gasteiger partial charge in [0.15, 0.2) is 5.15 Å². The highest BCUT2D eigenvalue weighted by molar-refractivity contribution is 6.31. The van der Waals surface area contributed by atoms with Crippen molar-refractivity contribution in [3.05, 3.63) is 59.2 Å². The lowest BCUT2D eigenvalue weighted by atomic mass is 9.90. The van der Waals surface area contributed by atoms with Gasteiger partial charge in [-0.2, -0.15) is 0 Å². The molecule has 0 spiro atoms. The van der Waals surface area contributed by atoms with E-state index in [1.165, 1.54) is 0 Å². The Kier molecular flexibility index (Phi) is 7.30. The molecule has 174 valence electrons. The van der Waals surface area contributed by atoms with Gasteiger partial charge in [0.1, 0.15) is 17.9 Å². The molecule has 1 N–H and O–H groups in total. The number of benzene rings is 2. The highest BCUT2D eigenvalue weighted by Crippen LogP contribution is 2.31. The third kappa shape index (κ3) is 5.54. The van der Waals surface area contributed by atoms with Crippen molar-refractivity contribution in [3.8, 4) is 11.6 Å². The van der Waals surface area contributed by atoms with E-state index in [4.69, 9.17) is 25.8 Å². The molecule has 2 heterocycles. The molecule has 1 aliphatic rings. The molecule has 0 amide bonds. The Bertz CT molecular complexity index is 1110. The Labute approximate surface area is 198 Å². The second-order valence-electron chi connectivity index (χ2n) is 8.59. The van der Waals surface area contributed by atoms with Gasteiger partial charge < -0.3 is 19.5 Å². The quantitative estimate of drug-likeness (QED) is 0.498. The molecule has 8 heteroatoms. The van der Waals surface area contributed by atoms with Crippen LogP contribution in [0.1, 0.15) is 19.4 Å². The van der Waals surface area contributed by atoms with Gasteiger partial charge >= 0.3 is 5.97 Å². The Morgan fingerprint density at radius 1 is 1.15 bits per heavy atom. The van der Waals surface area contributed by atoms with Gasteiger partial charge in [0, 0.05) is 18.5 Å². The number of hydrogen-bond donors (Lipinski definition) is 1. The number of nitrogens with one attached hydrogen (secondary N) is 1. The Balaban J connectivity index is 1.59. The van der Waals surface area contributed by atoms with Crippen LogP contribution in [0.4, 0.5) is 0 Å². The molecular weight excluding hydrogens is 442 g/mol. The molecule has 1 fully saturated rings. The Morgan fingerprint density at radius 3 is 2.67 bits per heavy atom. The SMILES string of the molecule is COc1ccc2nc(Cl)c(O[C@H]3CN[C@H](C(=O)OCC(C)C)C3Cc3ccccc3)nc2c1. The summed E-state index contributed by atoms with van der Waals surface area (Å²) in [6, 6.07) is 14.9. The van der Waals surface area contributed by atoms with Crippen molar-refractivity contribution in [2.24, 2.45) is 11.8 Å². The van der Waals surface area contributed by atoms with Gasteiger partial charge in [-0.15, -0.1) is 0 Å². The lowest BCUT2D eigenvalue weighted by Crippen LogP contribution is -2.40. The molecule has 33 heavy (non-hydrogen) atoms. The van der Waals surface area contributed by atoms with Crippen molar-refractivity contribution >= 4 is 28.6 Å². The summed E-state index contributed by atoms with van der Waals surface area (Å²) in [7, 11) is 1.60. The minimum Gasteiger partial charge on any atom is -0.497 e. The van der Waals surface area contributed by atoms with Gasteiger partial charge in [0.25, 0.3) is 5.88 Å². The number of carbonyl (C=O) groups is 1. The molecule has 0 aliphatic carbocycles. The van der Waals surface area contributed by atoms with E-state index in [1.807, 2.05) is 44.2 Å². The second-order valence-corrected chi connectivity index (χ2v) is 8.95. The summed E-state index contributed by atoms with van der Waals surface area (Å²) in [6.45, 7) is 4.87. The smallest absolute Gasteiger partial charge is 0.323 e. The van der Waals surface area contributed by atoms with Gasteiger partial charge in [0.2, 0.25) is 0 Å². The number of nitrogens with zero attached hydrogens (tertiary/aromatic N) is 2. The van der Waals surface area contributed by atoms with Crippen molar-refractivity contribution in [2.75, 3.05) is 20.3 Å². The molecule has 0 bridgehead atoms. The first-order valence-corrected chi connectivity index (χ1v) is 11.4. The number of aromatic nitrogens is 2. The molecule has 1 aromatic heterocycles. The van der Waals surface area contributed by atoms with E-state index in [-0.39, 0.29) is 34.9 Å². The zero-order valence-corrected chi connectivity index (χ0v) is 19.7. The number of fused-ring (bicyclic) bond motifs is 1. The monoisotopic (exact) mass is 469 g/mol. The molecule has 7 nitrogen and oxygen atoms in total. The maximum Gasteiger partial charge on any atom is 0.323 e. The predicted octanol–water partition coefficient (Wildman–Crippen LogP) is 4.07. The average molecular weight is 470 g/mol. The molecule has 1 unspecified atom stereocenters. The van der Waals surface area contributed by atoms with Gasteiger partial charge in [-0.25, -0.2) is 9.97 Å². The minimum atomic E-state index is -0.485. The summed E-state index contributed by atoms with van der Waals surface area (Å²) in [5, 5.41) is 3.46. The van der Waals surface area contributed by atoms with E-state index in [2.05, 4.69) is 15.3 Å². The van der Waals surface area contributed by atoms with Gasteiger partial charge in [-0.1, -0.05) is 55.8 Å². The Hall–Kier alpha value is -2.90. The number of ether oxygens (including phenoxy) is 3. The largest absolute Gasteiger partial charge is 0.497 e. The van der Waals surface area contributed by atoms with Crippen LogP contribution >= 0.6 is 11.6 Å². The standard InChI is InChI=1S/C25H28ClN3O4/c1-15(2)14-32-25(30)22-18(11-16-7-5-4-6-8-16)21(13-27-22)33-24-23(26)28-19-10-9-17(31-3)12-20(19)29-24/h4-10,12,15,18,21-22,27H,11,13-14H2,1-3H3/t18?,21-,22-/m0/s1. The van der Waals surface area contributed by atoms with E-state index in [1.54, 1.807) is 25.3 Å². The topological polar surface area (TPSA) is 82.6 Å². The summed E-state index contributed by atoms with van der Waals surface area (Å²) in [6.07, 6.45) is 0.309. The molecule has 2 aromatic carbocycles. The van der Waals surface area contributed by atoms with Crippen molar-refractivity contribution < 1.29 is 19.0 Å². The fourth-order valence-electron chi connectivity index (χ4n) is 3.96. The van der Waals surface area contributed by atoms with Crippen molar-refractivity contribution in [3.63, 3.8) is 0 Å². The maximum absolute atomic E-state index is 12.9. The molecule has 1 saturated heterocycles. The van der Waals surface area contributed by atoms with Crippen molar-refractivity contribution in [2.45, 2.75) is 32.4 Å². The molecule has 1 aliphatic heterocycles. The van der Waals surface area contributed by atoms with Crippen LogP contribution in [-0.2, 0) is 16.0 Å². The van der Waals surface area contributed by atoms with E-state index in [0.29, 0.717) is 36.4 Å².